The van der Waals surface area contributed by atoms with Crippen LogP contribution in [-0.2, 0) is 4.74 Å². The number of benzene rings is 2. The standard InChI is InChI=1S/C17H15ClFN3O2/c1-23-7-8-24-15-6-5-11(9-13(15)18)22-17-12-3-2-4-14(19)16(12)20-10-21-17/h2-6,9-10H,7-8H2,1H3,(H,20,21,22). The molecule has 0 aliphatic heterocycles. The normalized spacial score (nSPS) is 10.8. The molecule has 3 rings (SSSR count). The molecule has 0 atom stereocenters. The number of aromatic nitrogens is 2. The number of hydrogen-bond acceptors (Lipinski definition) is 5. The van der Waals surface area contributed by atoms with E-state index < -0.39 is 5.82 Å². The van der Waals surface area contributed by atoms with E-state index in [1.807, 2.05) is 0 Å². The summed E-state index contributed by atoms with van der Waals surface area (Å²) in [4.78, 5) is 8.15. The quantitative estimate of drug-likeness (QED) is 0.677. The van der Waals surface area contributed by atoms with E-state index in [1.54, 1.807) is 37.4 Å². The highest BCUT2D eigenvalue weighted by atomic mass is 35.5. The Morgan fingerprint density at radius 3 is 2.83 bits per heavy atom. The molecule has 0 radical (unpaired) electrons. The third-order valence-electron chi connectivity index (χ3n) is 3.36. The van der Waals surface area contributed by atoms with Crippen molar-refractivity contribution in [2.45, 2.75) is 0 Å². The van der Waals surface area contributed by atoms with E-state index in [0.29, 0.717) is 40.9 Å². The van der Waals surface area contributed by atoms with Crippen molar-refractivity contribution in [2.75, 3.05) is 25.6 Å². The van der Waals surface area contributed by atoms with Gasteiger partial charge in [0.15, 0.2) is 0 Å². The highest BCUT2D eigenvalue weighted by Crippen LogP contribution is 2.30. The first-order chi connectivity index (χ1) is 11.7. The highest BCUT2D eigenvalue weighted by molar-refractivity contribution is 6.32. The maximum absolute atomic E-state index is 13.8. The van der Waals surface area contributed by atoms with Gasteiger partial charge in [-0.3, -0.25) is 0 Å². The van der Waals surface area contributed by atoms with Crippen molar-refractivity contribution in [3.05, 3.63) is 53.6 Å². The van der Waals surface area contributed by atoms with Gasteiger partial charge < -0.3 is 14.8 Å². The van der Waals surface area contributed by atoms with E-state index in [9.17, 15) is 4.39 Å². The van der Waals surface area contributed by atoms with Gasteiger partial charge in [0.2, 0.25) is 0 Å². The lowest BCUT2D eigenvalue weighted by molar-refractivity contribution is 0.146. The molecule has 0 spiro atoms. The van der Waals surface area contributed by atoms with E-state index in [1.165, 1.54) is 12.4 Å². The number of nitrogens with zero attached hydrogens (tertiary/aromatic N) is 2. The first-order valence-electron chi connectivity index (χ1n) is 7.26. The van der Waals surface area contributed by atoms with E-state index in [-0.39, 0.29) is 5.52 Å². The van der Waals surface area contributed by atoms with Crippen molar-refractivity contribution < 1.29 is 13.9 Å². The molecular weight excluding hydrogens is 333 g/mol. The van der Waals surface area contributed by atoms with Gasteiger partial charge in [-0.05, 0) is 30.3 Å². The predicted molar refractivity (Wildman–Crippen MR) is 91.6 cm³/mol. The number of ether oxygens (including phenoxy) is 2. The molecule has 3 aromatic rings. The van der Waals surface area contributed by atoms with Crippen LogP contribution in [0.5, 0.6) is 5.75 Å². The summed E-state index contributed by atoms with van der Waals surface area (Å²) in [5, 5.41) is 4.18. The number of fused-ring (bicyclic) bond motifs is 1. The van der Waals surface area contributed by atoms with Crippen LogP contribution in [0.25, 0.3) is 10.9 Å². The molecule has 0 bridgehead atoms. The maximum Gasteiger partial charge on any atom is 0.149 e. The SMILES string of the molecule is COCCOc1ccc(Nc2ncnc3c(F)cccc23)cc1Cl. The van der Waals surface area contributed by atoms with E-state index in [4.69, 9.17) is 21.1 Å². The predicted octanol–water partition coefficient (Wildman–Crippen LogP) is 4.19. The topological polar surface area (TPSA) is 56.3 Å². The lowest BCUT2D eigenvalue weighted by Crippen LogP contribution is -2.04. The number of halogens is 2. The average Bonchev–Trinajstić information content (AvgIpc) is 2.58. The summed E-state index contributed by atoms with van der Waals surface area (Å²) in [7, 11) is 1.60. The summed E-state index contributed by atoms with van der Waals surface area (Å²) in [6, 6.07) is 10.0. The highest BCUT2D eigenvalue weighted by Gasteiger charge is 2.09. The molecular formula is C17H15ClFN3O2. The van der Waals surface area contributed by atoms with Gasteiger partial charge in [0, 0.05) is 18.2 Å². The van der Waals surface area contributed by atoms with Crippen molar-refractivity contribution in [1.82, 2.24) is 9.97 Å². The zero-order valence-corrected chi connectivity index (χ0v) is 13.7. The van der Waals surface area contributed by atoms with Crippen LogP contribution in [-0.4, -0.2) is 30.3 Å². The molecule has 0 unspecified atom stereocenters. The Kier molecular flexibility index (Phi) is 5.08. The summed E-state index contributed by atoms with van der Waals surface area (Å²) in [5.41, 5.74) is 0.976. The molecule has 24 heavy (non-hydrogen) atoms. The molecule has 1 aromatic heterocycles. The van der Waals surface area contributed by atoms with Crippen molar-refractivity contribution in [3.63, 3.8) is 0 Å². The Labute approximate surface area is 143 Å². The summed E-state index contributed by atoms with van der Waals surface area (Å²) in [6.07, 6.45) is 1.32. The summed E-state index contributed by atoms with van der Waals surface area (Å²) in [6.45, 7) is 0.896. The van der Waals surface area contributed by atoms with Crippen LogP contribution < -0.4 is 10.1 Å². The van der Waals surface area contributed by atoms with Crippen LogP contribution >= 0.6 is 11.6 Å². The molecule has 1 N–H and O–H groups in total. The van der Waals surface area contributed by atoms with Crippen LogP contribution in [0, 0.1) is 5.82 Å². The molecule has 2 aromatic carbocycles. The monoisotopic (exact) mass is 347 g/mol. The third-order valence-corrected chi connectivity index (χ3v) is 3.65. The minimum atomic E-state index is -0.391. The number of para-hydroxylation sites is 1. The van der Waals surface area contributed by atoms with E-state index >= 15 is 0 Å². The second-order valence-electron chi connectivity index (χ2n) is 4.97. The fourth-order valence-corrected chi connectivity index (χ4v) is 2.45. The number of methoxy groups -OCH3 is 1. The van der Waals surface area contributed by atoms with Crippen molar-refractivity contribution in [2.24, 2.45) is 0 Å². The third kappa shape index (κ3) is 3.55. The number of anilines is 2. The van der Waals surface area contributed by atoms with Crippen LogP contribution in [0.4, 0.5) is 15.9 Å². The van der Waals surface area contributed by atoms with E-state index in [2.05, 4.69) is 15.3 Å². The zero-order chi connectivity index (χ0) is 16.9. The van der Waals surface area contributed by atoms with Crippen molar-refractivity contribution in [1.29, 1.82) is 0 Å². The molecule has 0 fully saturated rings. The minimum Gasteiger partial charge on any atom is -0.490 e. The first-order valence-corrected chi connectivity index (χ1v) is 7.64. The van der Waals surface area contributed by atoms with Crippen LogP contribution in [0.1, 0.15) is 0 Å². The minimum absolute atomic E-state index is 0.264. The Balaban J connectivity index is 1.84. The average molecular weight is 348 g/mol. The second-order valence-corrected chi connectivity index (χ2v) is 5.38. The van der Waals surface area contributed by atoms with Gasteiger partial charge in [-0.2, -0.15) is 0 Å². The Hall–Kier alpha value is -2.44. The Bertz CT molecular complexity index is 860. The van der Waals surface area contributed by atoms with Gasteiger partial charge in [-0.1, -0.05) is 17.7 Å². The molecule has 0 aliphatic carbocycles. The summed E-state index contributed by atoms with van der Waals surface area (Å²) < 4.78 is 24.2. The van der Waals surface area contributed by atoms with Crippen LogP contribution in [0.15, 0.2) is 42.7 Å². The van der Waals surface area contributed by atoms with Crippen molar-refractivity contribution in [3.8, 4) is 5.75 Å². The zero-order valence-electron chi connectivity index (χ0n) is 12.9. The van der Waals surface area contributed by atoms with Gasteiger partial charge in [-0.25, -0.2) is 14.4 Å². The fraction of sp³-hybridized carbons (Fsp3) is 0.176. The van der Waals surface area contributed by atoms with Gasteiger partial charge in [-0.15, -0.1) is 0 Å². The second kappa shape index (κ2) is 7.42. The van der Waals surface area contributed by atoms with Gasteiger partial charge in [0.05, 0.1) is 11.6 Å². The van der Waals surface area contributed by atoms with Gasteiger partial charge >= 0.3 is 0 Å². The smallest absolute Gasteiger partial charge is 0.149 e. The molecule has 0 saturated carbocycles. The van der Waals surface area contributed by atoms with Crippen molar-refractivity contribution >= 4 is 34.0 Å². The number of nitrogens with one attached hydrogen (secondary N) is 1. The molecule has 0 amide bonds. The molecule has 7 heteroatoms. The largest absolute Gasteiger partial charge is 0.490 e. The lowest BCUT2D eigenvalue weighted by Gasteiger charge is -2.11. The number of rotatable bonds is 6. The summed E-state index contributed by atoms with van der Waals surface area (Å²) in [5.74, 6) is 0.680. The van der Waals surface area contributed by atoms with Gasteiger partial charge in [0.25, 0.3) is 0 Å². The van der Waals surface area contributed by atoms with Crippen LogP contribution in [0.2, 0.25) is 5.02 Å². The fourth-order valence-electron chi connectivity index (χ4n) is 2.22. The molecule has 124 valence electrons. The van der Waals surface area contributed by atoms with Crippen LogP contribution in [0.3, 0.4) is 0 Å². The molecule has 1 heterocycles. The molecule has 0 aliphatic rings. The van der Waals surface area contributed by atoms with Gasteiger partial charge in [0.1, 0.15) is 35.8 Å². The maximum atomic E-state index is 13.8. The number of hydrogen-bond donors (Lipinski definition) is 1. The summed E-state index contributed by atoms with van der Waals surface area (Å²) >= 11 is 6.22. The van der Waals surface area contributed by atoms with E-state index in [0.717, 1.165) is 0 Å². The molecule has 5 nitrogen and oxygen atoms in total. The Morgan fingerprint density at radius 1 is 1.17 bits per heavy atom. The first kappa shape index (κ1) is 16.4. The lowest BCUT2D eigenvalue weighted by atomic mass is 10.2. The Morgan fingerprint density at radius 2 is 2.04 bits per heavy atom. The molecule has 0 saturated heterocycles.